The number of rotatable bonds is 6. The third-order valence-electron chi connectivity index (χ3n) is 10.5. The number of hydrogen-bond acceptors (Lipinski definition) is 5. The Morgan fingerprint density at radius 3 is 1.52 bits per heavy atom. The zero-order valence-corrected chi connectivity index (χ0v) is 31.7. The van der Waals surface area contributed by atoms with Gasteiger partial charge in [-0.1, -0.05) is 152 Å². The van der Waals surface area contributed by atoms with Gasteiger partial charge in [-0.3, -0.25) is 0 Å². The van der Waals surface area contributed by atoms with Crippen LogP contribution in [0.4, 0.5) is 0 Å². The summed E-state index contributed by atoms with van der Waals surface area (Å²) >= 11 is 3.69. The Morgan fingerprint density at radius 1 is 0.268 bits per heavy atom. The molecular formula is C51H31N3S2. The highest BCUT2D eigenvalue weighted by Gasteiger charge is 2.19. The SMILES string of the molecule is c1ccc(-c2cccc(-c3cc(-c4ccc5c(c4)sc4cccc(-c6nc(-c7ccccc7)nc(-c7ccccc7)n6)c45)c4c(c3)sc3ccccc34)c2)cc1. The van der Waals surface area contributed by atoms with Crippen LogP contribution in [0.5, 0.6) is 0 Å². The lowest BCUT2D eigenvalue weighted by Gasteiger charge is -2.11. The topological polar surface area (TPSA) is 38.7 Å². The van der Waals surface area contributed by atoms with Gasteiger partial charge in [0, 0.05) is 57.0 Å². The Bertz CT molecular complexity index is 3180. The second-order valence-electron chi connectivity index (χ2n) is 14.0. The minimum atomic E-state index is 0.662. The molecule has 5 heteroatoms. The van der Waals surface area contributed by atoms with E-state index in [0.717, 1.165) is 16.7 Å². The van der Waals surface area contributed by atoms with Crippen LogP contribution in [0.15, 0.2) is 188 Å². The molecule has 0 N–H and O–H groups in total. The summed E-state index contributed by atoms with van der Waals surface area (Å²) < 4.78 is 5.03. The highest BCUT2D eigenvalue weighted by atomic mass is 32.1. The Morgan fingerprint density at radius 2 is 0.786 bits per heavy atom. The fourth-order valence-electron chi connectivity index (χ4n) is 7.87. The van der Waals surface area contributed by atoms with Crippen LogP contribution in [0.1, 0.15) is 0 Å². The molecule has 0 atom stereocenters. The predicted molar refractivity (Wildman–Crippen MR) is 238 cm³/mol. The summed E-state index contributed by atoms with van der Waals surface area (Å²) in [4.78, 5) is 15.2. The van der Waals surface area contributed by atoms with Crippen LogP contribution in [-0.2, 0) is 0 Å². The Balaban J connectivity index is 1.09. The van der Waals surface area contributed by atoms with Gasteiger partial charge in [0.25, 0.3) is 0 Å². The first kappa shape index (κ1) is 32.6. The minimum absolute atomic E-state index is 0.662. The first-order chi connectivity index (χ1) is 27.7. The van der Waals surface area contributed by atoms with E-state index in [1.165, 1.54) is 73.7 Å². The van der Waals surface area contributed by atoms with Gasteiger partial charge in [0.1, 0.15) is 0 Å². The van der Waals surface area contributed by atoms with E-state index < -0.39 is 0 Å². The molecule has 0 aliphatic heterocycles. The van der Waals surface area contributed by atoms with Crippen LogP contribution in [-0.4, -0.2) is 15.0 Å². The lowest BCUT2D eigenvalue weighted by molar-refractivity contribution is 1.08. The number of nitrogens with zero attached hydrogens (tertiary/aromatic N) is 3. The summed E-state index contributed by atoms with van der Waals surface area (Å²) in [6, 6.07) is 66.9. The maximum absolute atomic E-state index is 5.11. The van der Waals surface area contributed by atoms with E-state index in [-0.39, 0.29) is 0 Å². The largest absolute Gasteiger partial charge is 0.208 e. The summed E-state index contributed by atoms with van der Waals surface area (Å²) in [5.74, 6) is 1.99. The Labute approximate surface area is 331 Å². The summed E-state index contributed by atoms with van der Waals surface area (Å²) in [5, 5.41) is 4.97. The van der Waals surface area contributed by atoms with Crippen molar-refractivity contribution in [2.45, 2.75) is 0 Å². The van der Waals surface area contributed by atoms with Crippen LogP contribution in [0, 0.1) is 0 Å². The van der Waals surface area contributed by atoms with Gasteiger partial charge in [0.15, 0.2) is 17.5 Å². The van der Waals surface area contributed by atoms with E-state index >= 15 is 0 Å². The van der Waals surface area contributed by atoms with Crippen molar-refractivity contribution in [3.63, 3.8) is 0 Å². The van der Waals surface area contributed by atoms with E-state index in [1.807, 2.05) is 59.1 Å². The molecule has 8 aromatic carbocycles. The van der Waals surface area contributed by atoms with Crippen molar-refractivity contribution >= 4 is 63.0 Å². The molecule has 0 spiro atoms. The monoisotopic (exact) mass is 749 g/mol. The molecule has 0 unspecified atom stereocenters. The zero-order chi connectivity index (χ0) is 37.0. The third-order valence-corrected chi connectivity index (χ3v) is 12.8. The van der Waals surface area contributed by atoms with E-state index in [2.05, 4.69) is 152 Å². The van der Waals surface area contributed by atoms with Crippen molar-refractivity contribution in [3.8, 4) is 67.5 Å². The van der Waals surface area contributed by atoms with Crippen molar-refractivity contribution in [1.82, 2.24) is 15.0 Å². The van der Waals surface area contributed by atoms with Crippen molar-refractivity contribution in [2.75, 3.05) is 0 Å². The molecule has 11 aromatic rings. The number of hydrogen-bond donors (Lipinski definition) is 0. The molecule has 0 saturated heterocycles. The molecule has 3 heterocycles. The van der Waals surface area contributed by atoms with Gasteiger partial charge in [-0.15, -0.1) is 22.7 Å². The second-order valence-corrected chi connectivity index (χ2v) is 16.1. The molecule has 3 aromatic heterocycles. The van der Waals surface area contributed by atoms with Gasteiger partial charge < -0.3 is 0 Å². The van der Waals surface area contributed by atoms with E-state index in [9.17, 15) is 0 Å². The summed E-state index contributed by atoms with van der Waals surface area (Å²) in [7, 11) is 0. The van der Waals surface area contributed by atoms with Crippen LogP contribution in [0.2, 0.25) is 0 Å². The molecule has 56 heavy (non-hydrogen) atoms. The first-order valence-corrected chi connectivity index (χ1v) is 20.3. The fraction of sp³-hybridized carbons (Fsp3) is 0. The molecule has 262 valence electrons. The number of thiophene rings is 2. The quantitative estimate of drug-likeness (QED) is 0.170. The molecule has 0 saturated carbocycles. The van der Waals surface area contributed by atoms with Crippen molar-refractivity contribution in [3.05, 3.63) is 188 Å². The standard InChI is InChI=1S/C51H31N3S2/c1-4-14-32(15-5-1)35-20-12-21-36(28-35)38-29-42(48-39-22-10-11-24-43(39)55-46(48)31-38)37-26-27-40-45(30-37)56-44-25-13-23-41(47(40)44)51-53-49(33-16-6-2-7-17-33)52-50(54-51)34-18-8-3-9-19-34/h1-31H. The molecule has 0 radical (unpaired) electrons. The molecule has 0 fully saturated rings. The fourth-order valence-corrected chi connectivity index (χ4v) is 10.2. The minimum Gasteiger partial charge on any atom is -0.208 e. The number of aromatic nitrogens is 3. The van der Waals surface area contributed by atoms with Crippen LogP contribution < -0.4 is 0 Å². The maximum atomic E-state index is 5.11. The van der Waals surface area contributed by atoms with Gasteiger partial charge in [-0.05, 0) is 69.8 Å². The molecule has 0 aliphatic rings. The van der Waals surface area contributed by atoms with Crippen LogP contribution in [0.25, 0.3) is 108 Å². The zero-order valence-electron chi connectivity index (χ0n) is 30.1. The Hall–Kier alpha value is -6.79. The van der Waals surface area contributed by atoms with E-state index in [1.54, 1.807) is 0 Å². The van der Waals surface area contributed by atoms with Gasteiger partial charge in [0.2, 0.25) is 0 Å². The number of fused-ring (bicyclic) bond motifs is 6. The summed E-state index contributed by atoms with van der Waals surface area (Å²) in [5.41, 5.74) is 10.2. The van der Waals surface area contributed by atoms with Gasteiger partial charge in [0.05, 0.1) is 0 Å². The highest BCUT2D eigenvalue weighted by molar-refractivity contribution is 7.26. The molecular weight excluding hydrogens is 719 g/mol. The van der Waals surface area contributed by atoms with Crippen molar-refractivity contribution < 1.29 is 0 Å². The van der Waals surface area contributed by atoms with E-state index in [4.69, 9.17) is 15.0 Å². The normalized spacial score (nSPS) is 11.6. The smallest absolute Gasteiger partial charge is 0.164 e. The van der Waals surface area contributed by atoms with Crippen molar-refractivity contribution in [2.24, 2.45) is 0 Å². The third kappa shape index (κ3) is 5.68. The summed E-state index contributed by atoms with van der Waals surface area (Å²) in [6.07, 6.45) is 0. The van der Waals surface area contributed by atoms with E-state index in [0.29, 0.717) is 17.5 Å². The Kier molecular flexibility index (Phi) is 7.87. The number of benzene rings is 8. The first-order valence-electron chi connectivity index (χ1n) is 18.7. The lowest BCUT2D eigenvalue weighted by atomic mass is 9.93. The predicted octanol–water partition coefficient (Wildman–Crippen LogP) is 14.6. The average molecular weight is 750 g/mol. The molecule has 0 bridgehead atoms. The van der Waals surface area contributed by atoms with Gasteiger partial charge in [-0.25, -0.2) is 15.0 Å². The molecule has 0 aliphatic carbocycles. The highest BCUT2D eigenvalue weighted by Crippen LogP contribution is 2.46. The van der Waals surface area contributed by atoms with Gasteiger partial charge >= 0.3 is 0 Å². The molecule has 11 rings (SSSR count). The molecule has 0 amide bonds. The van der Waals surface area contributed by atoms with Crippen LogP contribution in [0.3, 0.4) is 0 Å². The van der Waals surface area contributed by atoms with Gasteiger partial charge in [-0.2, -0.15) is 0 Å². The van der Waals surface area contributed by atoms with Crippen LogP contribution >= 0.6 is 22.7 Å². The van der Waals surface area contributed by atoms with Crippen molar-refractivity contribution in [1.29, 1.82) is 0 Å². The molecule has 3 nitrogen and oxygen atoms in total. The second kappa shape index (κ2) is 13.5. The average Bonchev–Trinajstić information content (AvgIpc) is 3.85. The lowest BCUT2D eigenvalue weighted by Crippen LogP contribution is -2.00. The maximum Gasteiger partial charge on any atom is 0.164 e. The summed E-state index contributed by atoms with van der Waals surface area (Å²) in [6.45, 7) is 0.